The van der Waals surface area contributed by atoms with Gasteiger partial charge in [0.05, 0.1) is 36.8 Å². The first-order chi connectivity index (χ1) is 12.5. The van der Waals surface area contributed by atoms with Crippen LogP contribution in [0.15, 0.2) is 30.6 Å². The van der Waals surface area contributed by atoms with Crippen LogP contribution >= 0.6 is 7.37 Å². The summed E-state index contributed by atoms with van der Waals surface area (Å²) in [6.45, 7) is 2.85. The Kier molecular flexibility index (Phi) is 4.51. The maximum absolute atomic E-state index is 13.4. The van der Waals surface area contributed by atoms with Crippen molar-refractivity contribution in [3.8, 4) is 0 Å². The Morgan fingerprint density at radius 3 is 2.96 bits per heavy atom. The summed E-state index contributed by atoms with van der Waals surface area (Å²) < 4.78 is 19.1. The molecule has 1 fully saturated rings. The summed E-state index contributed by atoms with van der Waals surface area (Å²) in [5, 5.41) is 6.07. The molecule has 0 bridgehead atoms. The molecule has 2 unspecified atom stereocenters. The van der Waals surface area contributed by atoms with Crippen molar-refractivity contribution in [2.24, 2.45) is 0 Å². The molecule has 1 aromatic carbocycles. The van der Waals surface area contributed by atoms with Crippen molar-refractivity contribution in [2.45, 2.75) is 25.4 Å². The first kappa shape index (κ1) is 17.2. The van der Waals surface area contributed by atoms with Crippen molar-refractivity contribution < 1.29 is 13.9 Å². The molecule has 2 atom stereocenters. The van der Waals surface area contributed by atoms with Crippen LogP contribution in [0, 0.1) is 6.92 Å². The zero-order valence-corrected chi connectivity index (χ0v) is 15.5. The number of fused-ring (bicyclic) bond motifs is 1. The lowest BCUT2D eigenvalue weighted by atomic mass is 10.1. The van der Waals surface area contributed by atoms with Gasteiger partial charge >= 0.3 is 0 Å². The quantitative estimate of drug-likeness (QED) is 0.784. The fourth-order valence-corrected chi connectivity index (χ4v) is 6.05. The Hall–Kier alpha value is -2.24. The minimum absolute atomic E-state index is 0.00879. The van der Waals surface area contributed by atoms with E-state index in [1.807, 2.05) is 25.1 Å². The van der Waals surface area contributed by atoms with E-state index in [0.29, 0.717) is 31.6 Å². The summed E-state index contributed by atoms with van der Waals surface area (Å²) in [6.07, 6.45) is 5.11. The predicted octanol–water partition coefficient (Wildman–Crippen LogP) is 3.13. The summed E-state index contributed by atoms with van der Waals surface area (Å²) in [6, 6.07) is 5.79. The molecule has 2 aliphatic rings. The van der Waals surface area contributed by atoms with Crippen molar-refractivity contribution >= 4 is 24.8 Å². The lowest BCUT2D eigenvalue weighted by Gasteiger charge is -2.24. The molecule has 2 aromatic rings. The third-order valence-corrected chi connectivity index (χ3v) is 7.79. The van der Waals surface area contributed by atoms with Gasteiger partial charge in [-0.3, -0.25) is 14.3 Å². The second kappa shape index (κ2) is 6.82. The van der Waals surface area contributed by atoms with E-state index in [2.05, 4.69) is 20.6 Å². The van der Waals surface area contributed by atoms with Gasteiger partial charge in [-0.15, -0.1) is 0 Å². The second-order valence-corrected chi connectivity index (χ2v) is 9.50. The van der Waals surface area contributed by atoms with E-state index >= 15 is 0 Å². The lowest BCUT2D eigenvalue weighted by molar-refractivity contribution is -0.115. The maximum atomic E-state index is 13.4. The summed E-state index contributed by atoms with van der Waals surface area (Å²) in [5.41, 5.74) is 3.26. The van der Waals surface area contributed by atoms with Gasteiger partial charge in [-0.1, -0.05) is 12.1 Å². The highest BCUT2D eigenvalue weighted by molar-refractivity contribution is 7.59. The normalized spacial score (nSPS) is 22.7. The van der Waals surface area contributed by atoms with E-state index in [0.717, 1.165) is 28.9 Å². The number of hydrogen-bond acceptors (Lipinski definition) is 6. The van der Waals surface area contributed by atoms with Crippen LogP contribution in [0.25, 0.3) is 0 Å². The summed E-state index contributed by atoms with van der Waals surface area (Å²) in [4.78, 5) is 20.2. The topological polar surface area (TPSA) is 93.2 Å². The van der Waals surface area contributed by atoms with Crippen molar-refractivity contribution in [3.05, 3.63) is 47.4 Å². The van der Waals surface area contributed by atoms with Crippen LogP contribution in [-0.2, 0) is 20.3 Å². The van der Waals surface area contributed by atoms with E-state index in [-0.39, 0.29) is 11.6 Å². The molecule has 3 heterocycles. The third-order valence-electron chi connectivity index (χ3n) is 4.80. The number of nitrogens with zero attached hydrogens (tertiary/aromatic N) is 2. The van der Waals surface area contributed by atoms with E-state index in [9.17, 15) is 9.36 Å². The Labute approximate surface area is 152 Å². The molecule has 2 aliphatic heterocycles. The number of hydrogen-bond donors (Lipinski definition) is 2. The van der Waals surface area contributed by atoms with Crippen LogP contribution in [0.3, 0.4) is 0 Å². The number of nitrogens with one attached hydrogen (secondary N) is 2. The van der Waals surface area contributed by atoms with Crippen molar-refractivity contribution in [1.82, 2.24) is 9.97 Å². The van der Waals surface area contributed by atoms with Gasteiger partial charge in [-0.05, 0) is 30.5 Å². The third kappa shape index (κ3) is 3.37. The molecule has 2 N–H and O–H groups in total. The minimum atomic E-state index is -2.80. The molecule has 1 amide bonds. The number of amides is 1. The SMILES string of the molecule is Cc1cnc(NCC(c2ccc3c(c2)CC(=O)N3)P2(=O)CCCO2)cn1. The summed E-state index contributed by atoms with van der Waals surface area (Å²) >= 11 is 0. The lowest BCUT2D eigenvalue weighted by Crippen LogP contribution is -2.15. The highest BCUT2D eigenvalue weighted by Crippen LogP contribution is 2.63. The van der Waals surface area contributed by atoms with Crippen LogP contribution in [0.5, 0.6) is 0 Å². The van der Waals surface area contributed by atoms with Crippen LogP contribution in [0.1, 0.15) is 28.9 Å². The number of rotatable bonds is 5. The first-order valence-electron chi connectivity index (χ1n) is 8.72. The molecule has 1 aromatic heterocycles. The van der Waals surface area contributed by atoms with Gasteiger partial charge in [-0.25, -0.2) is 4.98 Å². The first-order valence-corrected chi connectivity index (χ1v) is 10.6. The van der Waals surface area contributed by atoms with Gasteiger partial charge in [0.25, 0.3) is 0 Å². The highest BCUT2D eigenvalue weighted by atomic mass is 31.2. The minimum Gasteiger partial charge on any atom is -0.368 e. The predicted molar refractivity (Wildman–Crippen MR) is 99.8 cm³/mol. The highest BCUT2D eigenvalue weighted by Gasteiger charge is 2.39. The van der Waals surface area contributed by atoms with Gasteiger partial charge in [-0.2, -0.15) is 0 Å². The molecule has 136 valence electrons. The number of carbonyl (C=O) groups excluding carboxylic acids is 1. The molecule has 4 rings (SSSR count). The summed E-state index contributed by atoms with van der Waals surface area (Å²) in [7, 11) is -2.80. The van der Waals surface area contributed by atoms with Crippen LogP contribution in [0.2, 0.25) is 0 Å². The van der Waals surface area contributed by atoms with E-state index < -0.39 is 7.37 Å². The molecule has 0 spiro atoms. The monoisotopic (exact) mass is 372 g/mol. The molecule has 7 nitrogen and oxygen atoms in total. The van der Waals surface area contributed by atoms with Gasteiger partial charge in [0.1, 0.15) is 5.82 Å². The molecular formula is C18H21N4O3P. The Balaban J connectivity index is 1.61. The Morgan fingerprint density at radius 1 is 1.35 bits per heavy atom. The van der Waals surface area contributed by atoms with E-state index in [1.165, 1.54) is 0 Å². The molecule has 1 saturated heterocycles. The number of carbonyl (C=O) groups is 1. The van der Waals surface area contributed by atoms with Gasteiger partial charge < -0.3 is 15.2 Å². The molecular weight excluding hydrogens is 351 g/mol. The van der Waals surface area contributed by atoms with Crippen LogP contribution in [0.4, 0.5) is 11.5 Å². The molecule has 0 radical (unpaired) electrons. The zero-order valence-electron chi connectivity index (χ0n) is 14.6. The molecule has 8 heteroatoms. The van der Waals surface area contributed by atoms with E-state index in [1.54, 1.807) is 12.4 Å². The fraction of sp³-hybridized carbons (Fsp3) is 0.389. The zero-order chi connectivity index (χ0) is 18.1. The Bertz CT molecular complexity index is 875. The van der Waals surface area contributed by atoms with Gasteiger partial charge in [0, 0.05) is 18.4 Å². The van der Waals surface area contributed by atoms with Crippen LogP contribution < -0.4 is 10.6 Å². The van der Waals surface area contributed by atoms with Gasteiger partial charge in [0.2, 0.25) is 13.3 Å². The number of aryl methyl sites for hydroxylation is 1. The smallest absolute Gasteiger partial charge is 0.228 e. The number of anilines is 2. The molecule has 0 saturated carbocycles. The number of benzene rings is 1. The van der Waals surface area contributed by atoms with Crippen molar-refractivity contribution in [3.63, 3.8) is 0 Å². The average Bonchev–Trinajstić information content (AvgIpc) is 3.21. The number of aromatic nitrogens is 2. The van der Waals surface area contributed by atoms with Crippen molar-refractivity contribution in [2.75, 3.05) is 29.9 Å². The standard InChI is InChI=1S/C18H21N4O3P/c1-12-9-20-17(11-19-12)21-10-16(26(24)6-2-5-25-26)13-3-4-15-14(7-13)8-18(23)22-15/h3-4,7,9,11,16H,2,5-6,8,10H2,1H3,(H,20,21)(H,22,23). The molecule has 26 heavy (non-hydrogen) atoms. The summed E-state index contributed by atoms with van der Waals surface area (Å²) in [5.74, 6) is 0.634. The average molecular weight is 372 g/mol. The maximum Gasteiger partial charge on any atom is 0.228 e. The second-order valence-electron chi connectivity index (χ2n) is 6.72. The largest absolute Gasteiger partial charge is 0.368 e. The van der Waals surface area contributed by atoms with E-state index in [4.69, 9.17) is 4.52 Å². The van der Waals surface area contributed by atoms with Crippen molar-refractivity contribution in [1.29, 1.82) is 0 Å². The fourth-order valence-electron chi connectivity index (χ4n) is 3.44. The Morgan fingerprint density at radius 2 is 2.23 bits per heavy atom. The molecule has 0 aliphatic carbocycles. The van der Waals surface area contributed by atoms with Gasteiger partial charge in [0.15, 0.2) is 0 Å². The van der Waals surface area contributed by atoms with Crippen LogP contribution in [-0.4, -0.2) is 35.2 Å².